The standard InChI is InChI=1S/C13H10BrN3OS/c14-9-5-8-10(17-13(18)12(8)15)6-11(9)19-7-1-3-16-4-2-7/h1-6,12H,15H2,(H,17,18). The van der Waals surface area contributed by atoms with Gasteiger partial charge in [0.05, 0.1) is 0 Å². The van der Waals surface area contributed by atoms with Gasteiger partial charge in [-0.1, -0.05) is 11.8 Å². The van der Waals surface area contributed by atoms with Gasteiger partial charge in [-0.15, -0.1) is 0 Å². The lowest BCUT2D eigenvalue weighted by Crippen LogP contribution is -2.19. The summed E-state index contributed by atoms with van der Waals surface area (Å²) in [5.74, 6) is -0.159. The van der Waals surface area contributed by atoms with Gasteiger partial charge in [0, 0.05) is 37.9 Å². The lowest BCUT2D eigenvalue weighted by molar-refractivity contribution is -0.116. The van der Waals surface area contributed by atoms with Crippen molar-refractivity contribution in [3.63, 3.8) is 0 Å². The molecule has 0 saturated heterocycles. The number of rotatable bonds is 2. The van der Waals surface area contributed by atoms with Gasteiger partial charge in [-0.3, -0.25) is 9.78 Å². The van der Waals surface area contributed by atoms with Gasteiger partial charge in [-0.25, -0.2) is 0 Å². The van der Waals surface area contributed by atoms with Crippen molar-refractivity contribution in [1.82, 2.24) is 4.98 Å². The van der Waals surface area contributed by atoms with Crippen molar-refractivity contribution in [3.05, 3.63) is 46.7 Å². The molecule has 3 N–H and O–H groups in total. The highest BCUT2D eigenvalue weighted by Gasteiger charge is 2.28. The van der Waals surface area contributed by atoms with Crippen LogP contribution in [0.2, 0.25) is 0 Å². The number of amides is 1. The summed E-state index contributed by atoms with van der Waals surface area (Å²) >= 11 is 5.13. The third-order valence-corrected chi connectivity index (χ3v) is 4.84. The molecule has 1 atom stereocenters. The molecule has 0 bridgehead atoms. The fraction of sp³-hybridized carbons (Fsp3) is 0.0769. The number of halogens is 1. The summed E-state index contributed by atoms with van der Waals surface area (Å²) in [6, 6.07) is 7.14. The highest BCUT2D eigenvalue weighted by atomic mass is 79.9. The molecule has 0 radical (unpaired) electrons. The van der Waals surface area contributed by atoms with E-state index in [1.807, 2.05) is 24.3 Å². The van der Waals surface area contributed by atoms with Gasteiger partial charge in [0.25, 0.3) is 0 Å². The zero-order valence-corrected chi connectivity index (χ0v) is 12.2. The van der Waals surface area contributed by atoms with Gasteiger partial charge in [-0.05, 0) is 40.2 Å². The summed E-state index contributed by atoms with van der Waals surface area (Å²) in [4.78, 5) is 17.6. The van der Waals surface area contributed by atoms with Crippen LogP contribution in [-0.4, -0.2) is 10.9 Å². The molecular formula is C13H10BrN3OS. The van der Waals surface area contributed by atoms with E-state index in [0.717, 1.165) is 25.5 Å². The molecule has 0 aliphatic carbocycles. The van der Waals surface area contributed by atoms with E-state index in [-0.39, 0.29) is 5.91 Å². The molecule has 3 rings (SSSR count). The van der Waals surface area contributed by atoms with Crippen molar-refractivity contribution in [1.29, 1.82) is 0 Å². The van der Waals surface area contributed by atoms with Crippen molar-refractivity contribution in [2.45, 2.75) is 15.8 Å². The zero-order chi connectivity index (χ0) is 13.4. The second kappa shape index (κ2) is 4.96. The monoisotopic (exact) mass is 335 g/mol. The van der Waals surface area contributed by atoms with Crippen LogP contribution in [0.5, 0.6) is 0 Å². The first-order chi connectivity index (χ1) is 9.15. The normalized spacial score (nSPS) is 17.2. The SMILES string of the molecule is NC1C(=O)Nc2cc(Sc3ccncc3)c(Br)cc21. The molecular weight excluding hydrogens is 326 g/mol. The van der Waals surface area contributed by atoms with Crippen LogP contribution in [0.15, 0.2) is 50.9 Å². The molecule has 0 saturated carbocycles. The summed E-state index contributed by atoms with van der Waals surface area (Å²) < 4.78 is 0.931. The van der Waals surface area contributed by atoms with Crippen LogP contribution in [0.3, 0.4) is 0 Å². The third kappa shape index (κ3) is 2.39. The molecule has 1 aliphatic heterocycles. The van der Waals surface area contributed by atoms with Crippen molar-refractivity contribution in [2.75, 3.05) is 5.32 Å². The minimum Gasteiger partial charge on any atom is -0.324 e. The van der Waals surface area contributed by atoms with E-state index in [1.54, 1.807) is 24.2 Å². The minimum absolute atomic E-state index is 0.159. The predicted octanol–water partition coefficient (Wildman–Crippen LogP) is 2.95. The van der Waals surface area contributed by atoms with Crippen LogP contribution < -0.4 is 11.1 Å². The number of fused-ring (bicyclic) bond motifs is 1. The van der Waals surface area contributed by atoms with Crippen molar-refractivity contribution < 1.29 is 4.79 Å². The van der Waals surface area contributed by atoms with Crippen molar-refractivity contribution in [3.8, 4) is 0 Å². The smallest absolute Gasteiger partial charge is 0.245 e. The number of pyridine rings is 1. The number of carbonyl (C=O) groups is 1. The second-order valence-electron chi connectivity index (χ2n) is 4.12. The van der Waals surface area contributed by atoms with E-state index in [4.69, 9.17) is 5.73 Å². The van der Waals surface area contributed by atoms with Gasteiger partial charge in [0.15, 0.2) is 0 Å². The highest BCUT2D eigenvalue weighted by Crippen LogP contribution is 2.40. The van der Waals surface area contributed by atoms with E-state index < -0.39 is 6.04 Å². The molecule has 4 nitrogen and oxygen atoms in total. The topological polar surface area (TPSA) is 68.0 Å². The van der Waals surface area contributed by atoms with Crippen LogP contribution in [-0.2, 0) is 4.79 Å². The number of aromatic nitrogens is 1. The van der Waals surface area contributed by atoms with Crippen LogP contribution in [0, 0.1) is 0 Å². The molecule has 6 heteroatoms. The molecule has 1 aromatic carbocycles. The van der Waals surface area contributed by atoms with Gasteiger partial charge >= 0.3 is 0 Å². The molecule has 1 amide bonds. The molecule has 96 valence electrons. The van der Waals surface area contributed by atoms with E-state index >= 15 is 0 Å². The quantitative estimate of drug-likeness (QED) is 0.885. The van der Waals surface area contributed by atoms with E-state index in [2.05, 4.69) is 26.2 Å². The lowest BCUT2D eigenvalue weighted by atomic mass is 10.1. The average molecular weight is 336 g/mol. The maximum Gasteiger partial charge on any atom is 0.245 e. The highest BCUT2D eigenvalue weighted by molar-refractivity contribution is 9.10. The Morgan fingerprint density at radius 1 is 1.32 bits per heavy atom. The molecule has 1 aromatic heterocycles. The minimum atomic E-state index is -0.578. The maximum atomic E-state index is 11.5. The second-order valence-corrected chi connectivity index (χ2v) is 6.09. The summed E-state index contributed by atoms with van der Waals surface area (Å²) in [5.41, 5.74) is 7.43. The van der Waals surface area contributed by atoms with Crippen LogP contribution in [0.1, 0.15) is 11.6 Å². The van der Waals surface area contributed by atoms with Crippen LogP contribution in [0.4, 0.5) is 5.69 Å². The van der Waals surface area contributed by atoms with Gasteiger partial charge in [0.1, 0.15) is 6.04 Å². The Morgan fingerprint density at radius 2 is 2.05 bits per heavy atom. The van der Waals surface area contributed by atoms with Crippen molar-refractivity contribution in [2.24, 2.45) is 5.73 Å². The number of anilines is 1. The third-order valence-electron chi connectivity index (χ3n) is 2.86. The summed E-state index contributed by atoms with van der Waals surface area (Å²) in [7, 11) is 0. The Labute approximate surface area is 122 Å². The maximum absolute atomic E-state index is 11.5. The number of hydrogen-bond donors (Lipinski definition) is 2. The van der Waals surface area contributed by atoms with Gasteiger partial charge in [0.2, 0.25) is 5.91 Å². The summed E-state index contributed by atoms with van der Waals surface area (Å²) in [5, 5.41) is 2.79. The predicted molar refractivity (Wildman–Crippen MR) is 78.1 cm³/mol. The van der Waals surface area contributed by atoms with Crippen molar-refractivity contribution >= 4 is 39.3 Å². The summed E-state index contributed by atoms with van der Waals surface area (Å²) in [6.45, 7) is 0. The zero-order valence-electron chi connectivity index (χ0n) is 9.76. The largest absolute Gasteiger partial charge is 0.324 e. The molecule has 0 fully saturated rings. The Balaban J connectivity index is 1.97. The Morgan fingerprint density at radius 3 is 2.79 bits per heavy atom. The Kier molecular flexibility index (Phi) is 3.30. The molecule has 1 aliphatic rings. The first-order valence-corrected chi connectivity index (χ1v) is 7.24. The number of nitrogens with zero attached hydrogens (tertiary/aromatic N) is 1. The van der Waals surface area contributed by atoms with Crippen LogP contribution >= 0.6 is 27.7 Å². The van der Waals surface area contributed by atoms with Gasteiger partial charge in [-0.2, -0.15) is 0 Å². The van der Waals surface area contributed by atoms with Gasteiger partial charge < -0.3 is 11.1 Å². The number of nitrogens with two attached hydrogens (primary N) is 1. The van der Waals surface area contributed by atoms with Crippen LogP contribution in [0.25, 0.3) is 0 Å². The molecule has 19 heavy (non-hydrogen) atoms. The molecule has 1 unspecified atom stereocenters. The summed E-state index contributed by atoms with van der Waals surface area (Å²) in [6.07, 6.45) is 3.50. The number of hydrogen-bond acceptors (Lipinski definition) is 4. The Bertz CT molecular complexity index is 648. The average Bonchev–Trinajstić information content (AvgIpc) is 2.67. The van der Waals surface area contributed by atoms with E-state index in [1.165, 1.54) is 0 Å². The fourth-order valence-corrected chi connectivity index (χ4v) is 3.35. The Hall–Kier alpha value is -1.37. The molecule has 0 spiro atoms. The molecule has 2 aromatic rings. The fourth-order valence-electron chi connectivity index (χ4n) is 1.90. The number of carbonyl (C=O) groups excluding carboxylic acids is 1. The number of nitrogens with one attached hydrogen (secondary N) is 1. The van der Waals surface area contributed by atoms with E-state index in [9.17, 15) is 4.79 Å². The first-order valence-electron chi connectivity index (χ1n) is 5.63. The first kappa shape index (κ1) is 12.7. The van der Waals surface area contributed by atoms with E-state index in [0.29, 0.717) is 0 Å². The molecule has 2 heterocycles. The lowest BCUT2D eigenvalue weighted by Gasteiger charge is -2.08. The number of benzene rings is 1.